The zero-order valence-electron chi connectivity index (χ0n) is 18.2. The quantitative estimate of drug-likeness (QED) is 0.327. The molecule has 2 aromatic heterocycles. The molecule has 172 valence electrons. The Balaban J connectivity index is 1.35. The molecule has 0 atom stereocenters. The van der Waals surface area contributed by atoms with Gasteiger partial charge in [-0.2, -0.15) is 0 Å². The predicted octanol–water partition coefficient (Wildman–Crippen LogP) is 6.62. The van der Waals surface area contributed by atoms with E-state index in [1.54, 1.807) is 41.9 Å². The molecule has 2 heterocycles. The zero-order chi connectivity index (χ0) is 23.7. The molecule has 0 bridgehead atoms. The van der Waals surface area contributed by atoms with Crippen LogP contribution >= 0.6 is 22.9 Å². The summed E-state index contributed by atoms with van der Waals surface area (Å²) in [6, 6.07) is 14.4. The van der Waals surface area contributed by atoms with Crippen LogP contribution in [0.1, 0.15) is 47.5 Å². The number of amides is 1. The third kappa shape index (κ3) is 4.54. The number of carbonyl (C=O) groups is 2. The Hall–Kier alpha value is -3.29. The smallest absolute Gasteiger partial charge is 0.306 e. The first kappa shape index (κ1) is 22.5. The number of hydrogen-bond donors (Lipinski definition) is 2. The molecule has 34 heavy (non-hydrogen) atoms. The van der Waals surface area contributed by atoms with E-state index >= 15 is 0 Å². The highest BCUT2D eigenvalue weighted by molar-refractivity contribution is 7.17. The second-order valence-corrected chi connectivity index (χ2v) is 9.84. The molecule has 1 aliphatic rings. The van der Waals surface area contributed by atoms with E-state index in [2.05, 4.69) is 20.7 Å². The number of rotatable bonds is 5. The summed E-state index contributed by atoms with van der Waals surface area (Å²) >= 11 is 7.61. The lowest BCUT2D eigenvalue weighted by atomic mass is 9.79. The Morgan fingerprint density at radius 3 is 2.50 bits per heavy atom. The Morgan fingerprint density at radius 1 is 1.03 bits per heavy atom. The van der Waals surface area contributed by atoms with Gasteiger partial charge in [-0.25, -0.2) is 9.97 Å². The monoisotopic (exact) mass is 491 g/mol. The maximum Gasteiger partial charge on any atom is 0.306 e. The molecule has 0 saturated heterocycles. The van der Waals surface area contributed by atoms with E-state index < -0.39 is 5.97 Å². The Labute approximate surface area is 205 Å². The van der Waals surface area contributed by atoms with Crippen molar-refractivity contribution in [3.63, 3.8) is 0 Å². The Bertz CT molecular complexity index is 1360. The van der Waals surface area contributed by atoms with Crippen LogP contribution in [-0.4, -0.2) is 27.0 Å². The van der Waals surface area contributed by atoms with Gasteiger partial charge in [0.25, 0.3) is 5.91 Å². The number of thiophene rings is 1. The van der Waals surface area contributed by atoms with Gasteiger partial charge in [-0.3, -0.25) is 9.59 Å². The molecular formula is C26H22ClN3O3S. The number of anilines is 1. The van der Waals surface area contributed by atoms with Gasteiger partial charge in [-0.15, -0.1) is 11.3 Å². The van der Waals surface area contributed by atoms with Crippen molar-refractivity contribution in [3.05, 3.63) is 76.4 Å². The zero-order valence-corrected chi connectivity index (χ0v) is 19.8. The normalized spacial score (nSPS) is 18.0. The maximum atomic E-state index is 12.5. The third-order valence-corrected chi connectivity index (χ3v) is 7.63. The lowest BCUT2D eigenvalue weighted by Crippen LogP contribution is -2.20. The molecule has 2 N–H and O–H groups in total. The molecule has 1 amide bonds. The SMILES string of the molecule is O=C(Nc1ccc(-c2ncnc3c(C4CCC(C(=O)O)CC4)csc23)cc1)c1cccc(Cl)c1. The number of nitrogens with one attached hydrogen (secondary N) is 1. The van der Waals surface area contributed by atoms with Crippen LogP contribution in [0.25, 0.3) is 21.5 Å². The first-order valence-corrected chi connectivity index (χ1v) is 12.4. The van der Waals surface area contributed by atoms with Gasteiger partial charge in [0.2, 0.25) is 0 Å². The maximum absolute atomic E-state index is 12.5. The molecule has 1 saturated carbocycles. The number of aliphatic carboxylic acids is 1. The summed E-state index contributed by atoms with van der Waals surface area (Å²) in [6.07, 6.45) is 4.73. The summed E-state index contributed by atoms with van der Waals surface area (Å²) in [5, 5.41) is 14.8. The van der Waals surface area contributed by atoms with E-state index in [4.69, 9.17) is 11.6 Å². The van der Waals surface area contributed by atoms with Gasteiger partial charge in [-0.05, 0) is 72.9 Å². The van der Waals surface area contributed by atoms with Gasteiger partial charge in [-0.1, -0.05) is 29.8 Å². The van der Waals surface area contributed by atoms with Crippen molar-refractivity contribution in [2.75, 3.05) is 5.32 Å². The second kappa shape index (κ2) is 9.52. The lowest BCUT2D eigenvalue weighted by molar-refractivity contribution is -0.142. The van der Waals surface area contributed by atoms with Gasteiger partial charge in [0.05, 0.1) is 21.8 Å². The average Bonchev–Trinajstić information content (AvgIpc) is 3.29. The van der Waals surface area contributed by atoms with Crippen LogP contribution < -0.4 is 5.32 Å². The van der Waals surface area contributed by atoms with E-state index in [9.17, 15) is 14.7 Å². The summed E-state index contributed by atoms with van der Waals surface area (Å²) in [7, 11) is 0. The topological polar surface area (TPSA) is 92.2 Å². The number of carboxylic acid groups (broad SMARTS) is 1. The minimum absolute atomic E-state index is 0.222. The molecule has 4 aromatic rings. The first-order valence-electron chi connectivity index (χ1n) is 11.1. The van der Waals surface area contributed by atoms with Crippen molar-refractivity contribution in [2.24, 2.45) is 5.92 Å². The van der Waals surface area contributed by atoms with Crippen LogP contribution in [0.3, 0.4) is 0 Å². The summed E-state index contributed by atoms with van der Waals surface area (Å²) < 4.78 is 1.02. The van der Waals surface area contributed by atoms with E-state index in [-0.39, 0.29) is 11.8 Å². The van der Waals surface area contributed by atoms with Crippen LogP contribution in [0.5, 0.6) is 0 Å². The fraction of sp³-hybridized carbons (Fsp3) is 0.231. The predicted molar refractivity (Wildman–Crippen MR) is 135 cm³/mol. The van der Waals surface area contributed by atoms with Crippen LogP contribution in [0, 0.1) is 5.92 Å². The van der Waals surface area contributed by atoms with Crippen molar-refractivity contribution in [1.29, 1.82) is 0 Å². The molecule has 1 aliphatic carbocycles. The second-order valence-electron chi connectivity index (χ2n) is 8.52. The van der Waals surface area contributed by atoms with E-state index in [0.717, 1.165) is 34.3 Å². The largest absolute Gasteiger partial charge is 0.481 e. The van der Waals surface area contributed by atoms with E-state index in [1.807, 2.05) is 24.3 Å². The molecule has 8 heteroatoms. The van der Waals surface area contributed by atoms with Crippen molar-refractivity contribution in [1.82, 2.24) is 9.97 Å². The number of aromatic nitrogens is 2. The molecule has 0 aliphatic heterocycles. The summed E-state index contributed by atoms with van der Waals surface area (Å²) in [5.74, 6) is -0.814. The Kier molecular flexibility index (Phi) is 6.30. The average molecular weight is 492 g/mol. The number of hydrogen-bond acceptors (Lipinski definition) is 5. The number of carboxylic acids is 1. The highest BCUT2D eigenvalue weighted by Gasteiger charge is 2.28. The molecule has 0 spiro atoms. The van der Waals surface area contributed by atoms with Gasteiger partial charge < -0.3 is 10.4 Å². The number of carbonyl (C=O) groups excluding carboxylic acids is 1. The Morgan fingerprint density at radius 2 is 1.79 bits per heavy atom. The van der Waals surface area contributed by atoms with Crippen LogP contribution in [-0.2, 0) is 4.79 Å². The highest BCUT2D eigenvalue weighted by Crippen LogP contribution is 2.42. The number of nitrogens with zero attached hydrogens (tertiary/aromatic N) is 2. The van der Waals surface area contributed by atoms with Crippen molar-refractivity contribution in [3.8, 4) is 11.3 Å². The molecule has 0 unspecified atom stereocenters. The number of benzene rings is 2. The summed E-state index contributed by atoms with van der Waals surface area (Å²) in [4.78, 5) is 32.9. The molecule has 5 rings (SSSR count). The third-order valence-electron chi connectivity index (χ3n) is 6.40. The molecular weight excluding hydrogens is 470 g/mol. The summed E-state index contributed by atoms with van der Waals surface area (Å²) in [6.45, 7) is 0. The van der Waals surface area contributed by atoms with Gasteiger partial charge >= 0.3 is 5.97 Å². The standard InChI is InChI=1S/C26H22ClN3O3S/c27-19-3-1-2-18(12-19)25(31)30-20-10-8-16(9-11-20)22-24-23(29-14-28-22)21(13-34-24)15-4-6-17(7-5-15)26(32)33/h1-3,8-15,17H,4-7H2,(H,30,31)(H,32,33). The van der Waals surface area contributed by atoms with Crippen LogP contribution in [0.2, 0.25) is 5.02 Å². The first-order chi connectivity index (χ1) is 16.5. The van der Waals surface area contributed by atoms with Gasteiger partial charge in [0, 0.05) is 21.8 Å². The molecule has 6 nitrogen and oxygen atoms in total. The molecule has 1 fully saturated rings. The highest BCUT2D eigenvalue weighted by atomic mass is 35.5. The lowest BCUT2D eigenvalue weighted by Gasteiger charge is -2.25. The van der Waals surface area contributed by atoms with Crippen molar-refractivity contribution in [2.45, 2.75) is 31.6 Å². The number of fused-ring (bicyclic) bond motifs is 1. The fourth-order valence-electron chi connectivity index (χ4n) is 4.56. The fourth-order valence-corrected chi connectivity index (χ4v) is 5.86. The minimum Gasteiger partial charge on any atom is -0.481 e. The van der Waals surface area contributed by atoms with E-state index in [1.165, 1.54) is 5.56 Å². The number of halogens is 1. The van der Waals surface area contributed by atoms with Gasteiger partial charge in [0.1, 0.15) is 6.33 Å². The van der Waals surface area contributed by atoms with E-state index in [0.29, 0.717) is 35.0 Å². The van der Waals surface area contributed by atoms with Gasteiger partial charge in [0.15, 0.2) is 0 Å². The van der Waals surface area contributed by atoms with Crippen molar-refractivity contribution >= 4 is 50.7 Å². The molecule has 0 radical (unpaired) electrons. The van der Waals surface area contributed by atoms with Crippen LogP contribution in [0.4, 0.5) is 5.69 Å². The van der Waals surface area contributed by atoms with Crippen molar-refractivity contribution < 1.29 is 14.7 Å². The summed E-state index contributed by atoms with van der Waals surface area (Å²) in [5.41, 5.74) is 5.12. The van der Waals surface area contributed by atoms with Crippen LogP contribution in [0.15, 0.2) is 60.2 Å². The molecule has 2 aromatic carbocycles. The minimum atomic E-state index is -0.689.